The molecular weight excluding hydrogens is 437 g/mol. The molecule has 0 aliphatic heterocycles. The van der Waals surface area contributed by atoms with Gasteiger partial charge < -0.3 is 15.6 Å². The van der Waals surface area contributed by atoms with Gasteiger partial charge in [0.25, 0.3) is 0 Å². The SMILES string of the molecule is C=CC(=O)NCCSc1nc(-c2ccnc(Nc3ccccc3)c2)c(-c2ccc(F)cc2)[nH]1. The Morgan fingerprint density at radius 1 is 1.09 bits per heavy atom. The van der Waals surface area contributed by atoms with Crippen molar-refractivity contribution in [3.05, 3.63) is 91.4 Å². The maximum Gasteiger partial charge on any atom is 0.243 e. The van der Waals surface area contributed by atoms with Gasteiger partial charge in [0.05, 0.1) is 11.4 Å². The highest BCUT2D eigenvalue weighted by atomic mass is 32.2. The Morgan fingerprint density at radius 2 is 1.88 bits per heavy atom. The standard InChI is InChI=1S/C25H22FN5OS/c1-2-22(32)28-14-15-33-25-30-23(17-8-10-19(26)11-9-17)24(31-25)18-12-13-27-21(16-18)29-20-6-4-3-5-7-20/h2-13,16H,1,14-15H2,(H,27,29)(H,28,32)(H,30,31). The zero-order valence-electron chi connectivity index (χ0n) is 17.7. The Balaban J connectivity index is 1.62. The fourth-order valence-corrected chi connectivity index (χ4v) is 3.89. The summed E-state index contributed by atoms with van der Waals surface area (Å²) in [6.45, 7) is 3.93. The molecule has 4 rings (SSSR count). The van der Waals surface area contributed by atoms with Gasteiger partial charge in [0.15, 0.2) is 5.16 Å². The second-order valence-corrected chi connectivity index (χ2v) is 8.12. The van der Waals surface area contributed by atoms with Gasteiger partial charge in [0, 0.05) is 35.3 Å². The molecule has 8 heteroatoms. The van der Waals surface area contributed by atoms with E-state index in [1.807, 2.05) is 42.5 Å². The van der Waals surface area contributed by atoms with Crippen LogP contribution in [0.3, 0.4) is 0 Å². The number of hydrogen-bond donors (Lipinski definition) is 3. The monoisotopic (exact) mass is 459 g/mol. The summed E-state index contributed by atoms with van der Waals surface area (Å²) < 4.78 is 13.5. The van der Waals surface area contributed by atoms with E-state index in [1.165, 1.54) is 30.0 Å². The molecule has 166 valence electrons. The molecule has 2 aromatic carbocycles. The quantitative estimate of drug-likeness (QED) is 0.177. The van der Waals surface area contributed by atoms with Crippen LogP contribution >= 0.6 is 11.8 Å². The number of nitrogens with one attached hydrogen (secondary N) is 3. The first-order chi connectivity index (χ1) is 16.1. The van der Waals surface area contributed by atoms with Gasteiger partial charge in [0.2, 0.25) is 5.91 Å². The highest BCUT2D eigenvalue weighted by Crippen LogP contribution is 2.33. The van der Waals surface area contributed by atoms with Gasteiger partial charge >= 0.3 is 0 Å². The summed E-state index contributed by atoms with van der Waals surface area (Å²) in [6, 6.07) is 19.9. The van der Waals surface area contributed by atoms with E-state index in [0.717, 1.165) is 28.2 Å². The van der Waals surface area contributed by atoms with E-state index in [9.17, 15) is 9.18 Å². The summed E-state index contributed by atoms with van der Waals surface area (Å²) in [5, 5.41) is 6.74. The Hall–Kier alpha value is -3.91. The number of rotatable bonds is 9. The summed E-state index contributed by atoms with van der Waals surface area (Å²) in [5.41, 5.74) is 4.13. The van der Waals surface area contributed by atoms with E-state index in [0.29, 0.717) is 23.3 Å². The number of thioether (sulfide) groups is 1. The van der Waals surface area contributed by atoms with Crippen molar-refractivity contribution in [2.75, 3.05) is 17.6 Å². The number of pyridine rings is 1. The number of aromatic amines is 1. The average molecular weight is 460 g/mol. The Kier molecular flexibility index (Phi) is 7.16. The molecule has 0 saturated carbocycles. The number of H-pyrrole nitrogens is 1. The summed E-state index contributed by atoms with van der Waals surface area (Å²) in [5.74, 6) is 0.809. The summed E-state index contributed by atoms with van der Waals surface area (Å²) in [4.78, 5) is 23.9. The summed E-state index contributed by atoms with van der Waals surface area (Å²) in [7, 11) is 0. The fraction of sp³-hybridized carbons (Fsp3) is 0.0800. The minimum atomic E-state index is -0.300. The largest absolute Gasteiger partial charge is 0.352 e. The van der Waals surface area contributed by atoms with Crippen molar-refractivity contribution in [3.8, 4) is 22.5 Å². The van der Waals surface area contributed by atoms with Gasteiger partial charge in [-0.3, -0.25) is 4.79 Å². The zero-order valence-corrected chi connectivity index (χ0v) is 18.5. The Bertz CT molecular complexity index is 1240. The molecule has 0 saturated heterocycles. The predicted octanol–water partition coefficient (Wildman–Crippen LogP) is 5.42. The number of para-hydroxylation sites is 1. The van der Waals surface area contributed by atoms with E-state index in [4.69, 9.17) is 4.98 Å². The van der Waals surface area contributed by atoms with Crippen LogP contribution in [0.15, 0.2) is 90.7 Å². The number of halogens is 1. The van der Waals surface area contributed by atoms with E-state index >= 15 is 0 Å². The van der Waals surface area contributed by atoms with Gasteiger partial charge in [0.1, 0.15) is 11.6 Å². The molecule has 0 bridgehead atoms. The number of amides is 1. The first kappa shape index (κ1) is 22.3. The van der Waals surface area contributed by atoms with Gasteiger partial charge in [-0.25, -0.2) is 14.4 Å². The lowest BCUT2D eigenvalue weighted by molar-refractivity contribution is -0.116. The number of nitrogens with zero attached hydrogens (tertiary/aromatic N) is 2. The molecule has 0 atom stereocenters. The zero-order chi connectivity index (χ0) is 23.0. The predicted molar refractivity (Wildman–Crippen MR) is 131 cm³/mol. The molecule has 0 aliphatic carbocycles. The van der Waals surface area contributed by atoms with Gasteiger partial charge in [-0.2, -0.15) is 0 Å². The Labute approximate surface area is 195 Å². The van der Waals surface area contributed by atoms with Crippen LogP contribution in [0.5, 0.6) is 0 Å². The molecule has 0 fully saturated rings. The van der Waals surface area contributed by atoms with Crippen molar-refractivity contribution in [2.45, 2.75) is 5.16 Å². The molecule has 0 radical (unpaired) electrons. The van der Waals surface area contributed by atoms with Crippen molar-refractivity contribution < 1.29 is 9.18 Å². The number of imidazole rings is 1. The molecule has 33 heavy (non-hydrogen) atoms. The smallest absolute Gasteiger partial charge is 0.243 e. The third kappa shape index (κ3) is 5.87. The molecule has 4 aromatic rings. The van der Waals surface area contributed by atoms with E-state index < -0.39 is 0 Å². The molecular formula is C25H22FN5OS. The first-order valence-corrected chi connectivity index (χ1v) is 11.3. The molecule has 0 aliphatic rings. The lowest BCUT2D eigenvalue weighted by Gasteiger charge is -2.08. The van der Waals surface area contributed by atoms with Crippen LogP contribution in [-0.4, -0.2) is 33.2 Å². The summed E-state index contributed by atoms with van der Waals surface area (Å²) in [6.07, 6.45) is 2.97. The number of aromatic nitrogens is 3. The van der Waals surface area contributed by atoms with Crippen molar-refractivity contribution in [2.24, 2.45) is 0 Å². The van der Waals surface area contributed by atoms with Crippen molar-refractivity contribution in [1.29, 1.82) is 0 Å². The normalized spacial score (nSPS) is 10.6. The minimum Gasteiger partial charge on any atom is -0.352 e. The molecule has 6 nitrogen and oxygen atoms in total. The summed E-state index contributed by atoms with van der Waals surface area (Å²) >= 11 is 1.49. The highest BCUT2D eigenvalue weighted by molar-refractivity contribution is 7.99. The van der Waals surface area contributed by atoms with Crippen molar-refractivity contribution in [3.63, 3.8) is 0 Å². The van der Waals surface area contributed by atoms with Gasteiger partial charge in [-0.1, -0.05) is 36.5 Å². The van der Waals surface area contributed by atoms with E-state index in [-0.39, 0.29) is 11.7 Å². The van der Waals surface area contributed by atoms with Crippen LogP contribution in [0.2, 0.25) is 0 Å². The van der Waals surface area contributed by atoms with Crippen LogP contribution in [0.1, 0.15) is 0 Å². The molecule has 2 heterocycles. The third-order valence-electron chi connectivity index (χ3n) is 4.72. The average Bonchev–Trinajstić information content (AvgIpc) is 3.27. The van der Waals surface area contributed by atoms with Crippen LogP contribution < -0.4 is 10.6 Å². The third-order valence-corrected chi connectivity index (χ3v) is 5.60. The number of carbonyl (C=O) groups excluding carboxylic acids is 1. The maximum atomic E-state index is 13.5. The Morgan fingerprint density at radius 3 is 2.64 bits per heavy atom. The van der Waals surface area contributed by atoms with Gasteiger partial charge in [-0.15, -0.1) is 0 Å². The first-order valence-electron chi connectivity index (χ1n) is 10.3. The minimum absolute atomic E-state index is 0.210. The van der Waals surface area contributed by atoms with Crippen LogP contribution in [-0.2, 0) is 4.79 Å². The second kappa shape index (κ2) is 10.6. The maximum absolute atomic E-state index is 13.5. The number of hydrogen-bond acceptors (Lipinski definition) is 5. The highest BCUT2D eigenvalue weighted by Gasteiger charge is 2.15. The molecule has 2 aromatic heterocycles. The molecule has 0 spiro atoms. The fourth-order valence-electron chi connectivity index (χ4n) is 3.16. The molecule has 1 amide bonds. The van der Waals surface area contributed by atoms with Crippen molar-refractivity contribution >= 4 is 29.2 Å². The lowest BCUT2D eigenvalue weighted by Crippen LogP contribution is -2.23. The van der Waals surface area contributed by atoms with Crippen LogP contribution in [0, 0.1) is 5.82 Å². The molecule has 0 unspecified atom stereocenters. The van der Waals surface area contributed by atoms with Crippen LogP contribution in [0.4, 0.5) is 15.9 Å². The topological polar surface area (TPSA) is 82.7 Å². The second-order valence-electron chi connectivity index (χ2n) is 7.04. The molecule has 3 N–H and O–H groups in total. The number of carbonyl (C=O) groups is 1. The number of anilines is 2. The van der Waals surface area contributed by atoms with Crippen LogP contribution in [0.25, 0.3) is 22.5 Å². The van der Waals surface area contributed by atoms with Crippen molar-refractivity contribution in [1.82, 2.24) is 20.3 Å². The lowest BCUT2D eigenvalue weighted by atomic mass is 10.1. The number of benzene rings is 2. The van der Waals surface area contributed by atoms with E-state index in [2.05, 4.69) is 27.2 Å². The van der Waals surface area contributed by atoms with Gasteiger partial charge in [-0.05, 0) is 54.6 Å². The van der Waals surface area contributed by atoms with E-state index in [1.54, 1.807) is 18.3 Å².